The van der Waals surface area contributed by atoms with Crippen LogP contribution in [0.5, 0.6) is 0 Å². The molecule has 0 spiro atoms. The summed E-state index contributed by atoms with van der Waals surface area (Å²) in [6, 6.07) is 5.86. The second-order valence-electron chi connectivity index (χ2n) is 11.7. The summed E-state index contributed by atoms with van der Waals surface area (Å²) >= 11 is 0. The first kappa shape index (κ1) is 32.6. The average Bonchev–Trinajstić information content (AvgIpc) is 3.33. The Hall–Kier alpha value is -3.92. The standard InChI is InChI=1S/C19H21F2NO2.C12H17N3O.CH2O/c1-10-5-11(2)18(12(3)6-10)13-7-14(19(21)15(20)8-13)16(22-4)9-17(23)24;1-12(2)8-4-15(5-9(8)12)11(16)10-6-14(3)7-13-10;1-2/h5-8,16,22H,9H2,1-4H3,(H,23,24);6-9H,4-5H2,1-3H3;1H2. The van der Waals surface area contributed by atoms with Gasteiger partial charge in [0.05, 0.1) is 12.7 Å². The fourth-order valence-electron chi connectivity index (χ4n) is 6.17. The van der Waals surface area contributed by atoms with Crippen LogP contribution in [0, 0.1) is 49.7 Å². The molecule has 1 saturated carbocycles. The molecule has 3 aromatic rings. The number of piperidine rings is 1. The molecule has 1 saturated heterocycles. The monoisotopic (exact) mass is 582 g/mol. The number of hydrogen-bond acceptors (Lipinski definition) is 5. The number of carboxylic acid groups (broad SMARTS) is 1. The van der Waals surface area contributed by atoms with E-state index in [2.05, 4.69) is 24.1 Å². The maximum absolute atomic E-state index is 14.2. The van der Waals surface area contributed by atoms with E-state index < -0.39 is 23.6 Å². The van der Waals surface area contributed by atoms with Gasteiger partial charge in [0.2, 0.25) is 0 Å². The smallest absolute Gasteiger partial charge is 0.305 e. The lowest BCUT2D eigenvalue weighted by atomic mass is 9.91. The summed E-state index contributed by atoms with van der Waals surface area (Å²) in [6.07, 6.45) is 3.13. The van der Waals surface area contributed by atoms with Gasteiger partial charge >= 0.3 is 5.97 Å². The minimum Gasteiger partial charge on any atom is -0.481 e. The Morgan fingerprint density at radius 2 is 1.67 bits per heavy atom. The van der Waals surface area contributed by atoms with Gasteiger partial charge in [0.25, 0.3) is 5.91 Å². The quantitative estimate of drug-likeness (QED) is 0.411. The topological polar surface area (TPSA) is 105 Å². The first-order valence-electron chi connectivity index (χ1n) is 13.8. The largest absolute Gasteiger partial charge is 0.481 e. The van der Waals surface area contributed by atoms with Crippen LogP contribution in [0.2, 0.25) is 0 Å². The molecule has 8 nitrogen and oxygen atoms in total. The number of halogens is 2. The number of aliphatic carboxylic acids is 1. The van der Waals surface area contributed by atoms with Crippen LogP contribution < -0.4 is 5.32 Å². The predicted molar refractivity (Wildman–Crippen MR) is 157 cm³/mol. The molecule has 2 heterocycles. The summed E-state index contributed by atoms with van der Waals surface area (Å²) in [5.41, 5.74) is 5.45. The van der Waals surface area contributed by atoms with E-state index in [-0.39, 0.29) is 17.9 Å². The molecule has 1 aliphatic heterocycles. The summed E-state index contributed by atoms with van der Waals surface area (Å²) in [5, 5.41) is 11.7. The average molecular weight is 583 g/mol. The van der Waals surface area contributed by atoms with Gasteiger partial charge in [-0.2, -0.15) is 0 Å². The molecule has 226 valence electrons. The van der Waals surface area contributed by atoms with Crippen molar-refractivity contribution in [3.63, 3.8) is 0 Å². The highest BCUT2D eigenvalue weighted by molar-refractivity contribution is 5.92. The number of benzene rings is 2. The number of carboxylic acids is 1. The minimum absolute atomic E-state index is 0.0225. The molecule has 1 amide bonds. The summed E-state index contributed by atoms with van der Waals surface area (Å²) in [7, 11) is 3.41. The number of aromatic nitrogens is 2. The van der Waals surface area contributed by atoms with Crippen molar-refractivity contribution in [1.82, 2.24) is 19.8 Å². The fraction of sp³-hybridized carbons (Fsp3) is 0.438. The van der Waals surface area contributed by atoms with Crippen LogP contribution in [0.1, 0.15) is 59.1 Å². The summed E-state index contributed by atoms with van der Waals surface area (Å²) in [6.45, 7) is 14.2. The molecule has 5 rings (SSSR count). The molecule has 3 atom stereocenters. The molecule has 0 radical (unpaired) electrons. The molecular weight excluding hydrogens is 542 g/mol. The van der Waals surface area contributed by atoms with Crippen molar-refractivity contribution < 1.29 is 28.3 Å². The molecule has 2 aliphatic rings. The Labute approximate surface area is 245 Å². The molecular formula is C32H40F2N4O4. The van der Waals surface area contributed by atoms with Crippen molar-refractivity contribution in [2.45, 2.75) is 47.1 Å². The van der Waals surface area contributed by atoms with Gasteiger partial charge in [0.15, 0.2) is 11.6 Å². The zero-order chi connectivity index (χ0) is 31.5. The third-order valence-electron chi connectivity index (χ3n) is 8.46. The summed E-state index contributed by atoms with van der Waals surface area (Å²) in [4.78, 5) is 37.1. The van der Waals surface area contributed by atoms with Crippen LogP contribution in [-0.2, 0) is 16.6 Å². The number of imidazole rings is 1. The van der Waals surface area contributed by atoms with Gasteiger partial charge in [0, 0.05) is 37.9 Å². The van der Waals surface area contributed by atoms with Crippen LogP contribution in [0.4, 0.5) is 8.78 Å². The second kappa shape index (κ2) is 12.9. The summed E-state index contributed by atoms with van der Waals surface area (Å²) in [5.74, 6) is -1.57. The van der Waals surface area contributed by atoms with Gasteiger partial charge < -0.3 is 24.7 Å². The number of rotatable bonds is 6. The molecule has 10 heteroatoms. The lowest BCUT2D eigenvalue weighted by Crippen LogP contribution is -2.33. The highest BCUT2D eigenvalue weighted by atomic mass is 19.2. The zero-order valence-electron chi connectivity index (χ0n) is 25.3. The zero-order valence-corrected chi connectivity index (χ0v) is 25.3. The molecule has 2 N–H and O–H groups in total. The lowest BCUT2D eigenvalue weighted by molar-refractivity contribution is -0.137. The van der Waals surface area contributed by atoms with E-state index in [1.54, 1.807) is 12.5 Å². The Bertz CT molecular complexity index is 1430. The Morgan fingerprint density at radius 1 is 1.10 bits per heavy atom. The number of likely N-dealkylation sites (tertiary alicyclic amines) is 1. The van der Waals surface area contributed by atoms with Crippen LogP contribution in [0.25, 0.3) is 11.1 Å². The Kier molecular flexibility index (Phi) is 10.0. The number of aryl methyl sites for hydroxylation is 4. The first-order chi connectivity index (χ1) is 19.7. The van der Waals surface area contributed by atoms with Crippen LogP contribution in [0.15, 0.2) is 36.8 Å². The summed E-state index contributed by atoms with van der Waals surface area (Å²) < 4.78 is 30.2. The number of carbonyl (C=O) groups excluding carboxylic acids is 2. The Morgan fingerprint density at radius 3 is 2.14 bits per heavy atom. The molecule has 0 bridgehead atoms. The number of fused-ring (bicyclic) bond motifs is 1. The SMILES string of the molecule is C=O.CNC(CC(=O)O)c1cc(-c2c(C)cc(C)cc2C)cc(F)c1F.Cn1cnc(C(=O)N2CC3C(C2)C3(C)C)c1. The second-order valence-corrected chi connectivity index (χ2v) is 11.7. The minimum atomic E-state index is -1.08. The highest BCUT2D eigenvalue weighted by Gasteiger charge is 2.62. The van der Waals surface area contributed by atoms with Gasteiger partial charge in [-0.15, -0.1) is 0 Å². The molecule has 42 heavy (non-hydrogen) atoms. The molecule has 1 aromatic heterocycles. The van der Waals surface area contributed by atoms with Crippen LogP contribution in [0.3, 0.4) is 0 Å². The van der Waals surface area contributed by atoms with E-state index in [0.29, 0.717) is 28.5 Å². The van der Waals surface area contributed by atoms with Crippen molar-refractivity contribution >= 4 is 18.7 Å². The lowest BCUT2D eigenvalue weighted by Gasteiger charge is -2.21. The van der Waals surface area contributed by atoms with Crippen molar-refractivity contribution in [2.24, 2.45) is 24.3 Å². The highest BCUT2D eigenvalue weighted by Crippen LogP contribution is 2.62. The normalized spacial score (nSPS) is 18.6. The molecule has 2 aromatic carbocycles. The van der Waals surface area contributed by atoms with Crippen LogP contribution >= 0.6 is 0 Å². The number of amides is 1. The van der Waals surface area contributed by atoms with Crippen molar-refractivity contribution in [3.8, 4) is 11.1 Å². The first-order valence-corrected chi connectivity index (χ1v) is 13.8. The van der Waals surface area contributed by atoms with E-state index in [1.165, 1.54) is 13.1 Å². The molecule has 1 aliphatic carbocycles. The van der Waals surface area contributed by atoms with E-state index >= 15 is 0 Å². The third-order valence-corrected chi connectivity index (χ3v) is 8.46. The van der Waals surface area contributed by atoms with Gasteiger partial charge in [-0.3, -0.25) is 9.59 Å². The number of hydrogen-bond donors (Lipinski definition) is 2. The van der Waals surface area contributed by atoms with E-state index in [9.17, 15) is 18.4 Å². The Balaban J connectivity index is 0.000000232. The fourth-order valence-corrected chi connectivity index (χ4v) is 6.17. The third kappa shape index (κ3) is 6.75. The van der Waals surface area contributed by atoms with Crippen molar-refractivity contribution in [3.05, 3.63) is 76.4 Å². The van der Waals surface area contributed by atoms with Gasteiger partial charge in [-0.05, 0) is 79.5 Å². The number of nitrogens with one attached hydrogen (secondary N) is 1. The van der Waals surface area contributed by atoms with Crippen LogP contribution in [-0.4, -0.2) is 58.4 Å². The van der Waals surface area contributed by atoms with Gasteiger partial charge in [0.1, 0.15) is 12.5 Å². The van der Waals surface area contributed by atoms with E-state index in [0.717, 1.165) is 41.4 Å². The van der Waals surface area contributed by atoms with Gasteiger partial charge in [-0.1, -0.05) is 31.5 Å². The van der Waals surface area contributed by atoms with Gasteiger partial charge in [-0.25, -0.2) is 13.8 Å². The predicted octanol–water partition coefficient (Wildman–Crippen LogP) is 5.26. The molecule has 2 fully saturated rings. The maximum Gasteiger partial charge on any atom is 0.305 e. The van der Waals surface area contributed by atoms with Crippen molar-refractivity contribution in [2.75, 3.05) is 20.1 Å². The van der Waals surface area contributed by atoms with E-state index in [1.807, 2.05) is 56.2 Å². The number of carbonyl (C=O) groups is 3. The number of nitrogens with zero attached hydrogens (tertiary/aromatic N) is 3. The van der Waals surface area contributed by atoms with Crippen molar-refractivity contribution in [1.29, 1.82) is 0 Å². The van der Waals surface area contributed by atoms with E-state index in [4.69, 9.17) is 9.90 Å². The maximum atomic E-state index is 14.2. The molecule has 3 unspecified atom stereocenters.